The Morgan fingerprint density at radius 2 is 1.81 bits per heavy atom. The van der Waals surface area contributed by atoms with Crippen LogP contribution >= 0.6 is 0 Å². The first-order valence-electron chi connectivity index (χ1n) is 7.93. The standard InChI is InChI=1S/C18H31NO2/c1-13(2)9-15(5)21-12-17-10-16(11-19-14(3)4)7-8-18(17)20-6/h7-8,10,13-15,19H,9,11-12H2,1-6H3. The molecule has 0 radical (unpaired) electrons. The molecule has 0 aliphatic carbocycles. The van der Waals surface area contributed by atoms with Gasteiger partial charge in [-0.2, -0.15) is 0 Å². The molecule has 0 aliphatic rings. The van der Waals surface area contributed by atoms with Gasteiger partial charge in [-0.15, -0.1) is 0 Å². The molecule has 0 heterocycles. The van der Waals surface area contributed by atoms with Gasteiger partial charge < -0.3 is 14.8 Å². The summed E-state index contributed by atoms with van der Waals surface area (Å²) in [7, 11) is 1.71. The molecule has 0 aliphatic heterocycles. The smallest absolute Gasteiger partial charge is 0.124 e. The number of ether oxygens (including phenoxy) is 2. The normalized spacial score (nSPS) is 13.0. The van der Waals surface area contributed by atoms with E-state index in [1.807, 2.05) is 6.07 Å². The van der Waals surface area contributed by atoms with Gasteiger partial charge in [-0.25, -0.2) is 0 Å². The second-order valence-corrected chi connectivity index (χ2v) is 6.43. The van der Waals surface area contributed by atoms with Crippen molar-refractivity contribution in [3.8, 4) is 5.75 Å². The van der Waals surface area contributed by atoms with E-state index in [2.05, 4.69) is 52.1 Å². The second-order valence-electron chi connectivity index (χ2n) is 6.43. The van der Waals surface area contributed by atoms with E-state index >= 15 is 0 Å². The lowest BCUT2D eigenvalue weighted by atomic mass is 10.1. The molecule has 1 aromatic rings. The summed E-state index contributed by atoms with van der Waals surface area (Å²) in [6.07, 6.45) is 1.35. The zero-order valence-electron chi connectivity index (χ0n) is 14.4. The summed E-state index contributed by atoms with van der Waals surface area (Å²) < 4.78 is 11.4. The number of nitrogens with one attached hydrogen (secondary N) is 1. The molecular weight excluding hydrogens is 262 g/mol. The maximum Gasteiger partial charge on any atom is 0.124 e. The molecular formula is C18H31NO2. The topological polar surface area (TPSA) is 30.5 Å². The second kappa shape index (κ2) is 9.06. The molecule has 0 aromatic heterocycles. The van der Waals surface area contributed by atoms with E-state index < -0.39 is 0 Å². The molecule has 0 spiro atoms. The lowest BCUT2D eigenvalue weighted by Gasteiger charge is -2.17. The lowest BCUT2D eigenvalue weighted by Crippen LogP contribution is -2.21. The van der Waals surface area contributed by atoms with Crippen molar-refractivity contribution in [2.45, 2.75) is 66.3 Å². The number of methoxy groups -OCH3 is 1. The van der Waals surface area contributed by atoms with Gasteiger partial charge in [-0.1, -0.05) is 33.8 Å². The first-order chi connectivity index (χ1) is 9.92. The molecule has 0 saturated carbocycles. The van der Waals surface area contributed by atoms with E-state index in [4.69, 9.17) is 9.47 Å². The van der Waals surface area contributed by atoms with E-state index in [0.29, 0.717) is 18.6 Å². The van der Waals surface area contributed by atoms with Crippen LogP contribution in [0.3, 0.4) is 0 Å². The summed E-state index contributed by atoms with van der Waals surface area (Å²) in [6, 6.07) is 6.80. The van der Waals surface area contributed by atoms with E-state index in [0.717, 1.165) is 24.3 Å². The van der Waals surface area contributed by atoms with Gasteiger partial charge in [0.15, 0.2) is 0 Å². The summed E-state index contributed by atoms with van der Waals surface area (Å²) in [5, 5.41) is 3.44. The Labute approximate surface area is 130 Å². The first-order valence-corrected chi connectivity index (χ1v) is 7.93. The Balaban J connectivity index is 2.67. The SMILES string of the molecule is COc1ccc(CNC(C)C)cc1COC(C)CC(C)C. The minimum absolute atomic E-state index is 0.271. The number of hydrogen-bond acceptors (Lipinski definition) is 3. The van der Waals surface area contributed by atoms with Gasteiger partial charge in [0.25, 0.3) is 0 Å². The van der Waals surface area contributed by atoms with Gasteiger partial charge in [0.2, 0.25) is 0 Å². The third-order valence-electron chi connectivity index (χ3n) is 3.39. The maximum atomic E-state index is 5.96. The molecule has 1 atom stereocenters. The van der Waals surface area contributed by atoms with Crippen LogP contribution in [0.2, 0.25) is 0 Å². The fourth-order valence-corrected chi connectivity index (χ4v) is 2.34. The monoisotopic (exact) mass is 293 g/mol. The van der Waals surface area contributed by atoms with Gasteiger partial charge in [0.05, 0.1) is 19.8 Å². The zero-order chi connectivity index (χ0) is 15.8. The minimum atomic E-state index is 0.271. The molecule has 1 N–H and O–H groups in total. The van der Waals surface area contributed by atoms with Crippen LogP contribution in [0.4, 0.5) is 0 Å². The molecule has 21 heavy (non-hydrogen) atoms. The molecule has 0 amide bonds. The summed E-state index contributed by atoms with van der Waals surface area (Å²) in [5.41, 5.74) is 2.38. The fraction of sp³-hybridized carbons (Fsp3) is 0.667. The molecule has 3 nitrogen and oxygen atoms in total. The first kappa shape index (κ1) is 18.0. The molecule has 1 aromatic carbocycles. The Morgan fingerprint density at radius 3 is 2.38 bits per heavy atom. The molecule has 0 bridgehead atoms. The van der Waals surface area contributed by atoms with Gasteiger partial charge >= 0.3 is 0 Å². The Hall–Kier alpha value is -1.06. The predicted octanol–water partition coefficient (Wildman–Crippen LogP) is 4.14. The number of rotatable bonds is 9. The van der Waals surface area contributed by atoms with Crippen molar-refractivity contribution < 1.29 is 9.47 Å². The van der Waals surface area contributed by atoms with Crippen LogP contribution in [-0.2, 0) is 17.9 Å². The van der Waals surface area contributed by atoms with Crippen molar-refractivity contribution >= 4 is 0 Å². The van der Waals surface area contributed by atoms with Crippen molar-refractivity contribution in [1.82, 2.24) is 5.32 Å². The van der Waals surface area contributed by atoms with Crippen LogP contribution in [0.5, 0.6) is 5.75 Å². The highest BCUT2D eigenvalue weighted by Gasteiger charge is 2.09. The van der Waals surface area contributed by atoms with Crippen molar-refractivity contribution in [3.63, 3.8) is 0 Å². The summed E-state index contributed by atoms with van der Waals surface area (Å²) in [6.45, 7) is 12.4. The highest BCUT2D eigenvalue weighted by molar-refractivity contribution is 5.36. The summed E-state index contributed by atoms with van der Waals surface area (Å²) in [4.78, 5) is 0. The maximum absolute atomic E-state index is 5.96. The lowest BCUT2D eigenvalue weighted by molar-refractivity contribution is 0.0387. The molecule has 0 fully saturated rings. The summed E-state index contributed by atoms with van der Waals surface area (Å²) in [5.74, 6) is 1.56. The molecule has 1 unspecified atom stereocenters. The Morgan fingerprint density at radius 1 is 1.10 bits per heavy atom. The van der Waals surface area contributed by atoms with Gasteiger partial charge in [0, 0.05) is 18.2 Å². The van der Waals surface area contributed by atoms with Crippen LogP contribution in [0.15, 0.2) is 18.2 Å². The Kier molecular flexibility index (Phi) is 7.76. The third-order valence-corrected chi connectivity index (χ3v) is 3.39. The van der Waals surface area contributed by atoms with E-state index in [1.54, 1.807) is 7.11 Å². The quantitative estimate of drug-likeness (QED) is 0.742. The molecule has 0 saturated heterocycles. The highest BCUT2D eigenvalue weighted by atomic mass is 16.5. The Bertz CT molecular complexity index is 416. The predicted molar refractivity (Wildman–Crippen MR) is 88.7 cm³/mol. The fourth-order valence-electron chi connectivity index (χ4n) is 2.34. The number of hydrogen-bond donors (Lipinski definition) is 1. The largest absolute Gasteiger partial charge is 0.496 e. The summed E-state index contributed by atoms with van der Waals surface area (Å²) >= 11 is 0. The number of benzene rings is 1. The molecule has 120 valence electrons. The van der Waals surface area contributed by atoms with Crippen LogP contribution < -0.4 is 10.1 Å². The average molecular weight is 293 g/mol. The minimum Gasteiger partial charge on any atom is -0.496 e. The molecule has 3 heteroatoms. The van der Waals surface area contributed by atoms with Crippen LogP contribution in [0.1, 0.15) is 52.2 Å². The van der Waals surface area contributed by atoms with Gasteiger partial charge in [-0.3, -0.25) is 0 Å². The van der Waals surface area contributed by atoms with Crippen molar-refractivity contribution in [3.05, 3.63) is 29.3 Å². The van der Waals surface area contributed by atoms with Gasteiger partial charge in [-0.05, 0) is 37.0 Å². The van der Waals surface area contributed by atoms with Crippen LogP contribution in [-0.4, -0.2) is 19.3 Å². The van der Waals surface area contributed by atoms with Gasteiger partial charge in [0.1, 0.15) is 5.75 Å². The van der Waals surface area contributed by atoms with Crippen molar-refractivity contribution in [1.29, 1.82) is 0 Å². The molecule has 1 rings (SSSR count). The third kappa shape index (κ3) is 6.96. The van der Waals surface area contributed by atoms with Crippen LogP contribution in [0, 0.1) is 5.92 Å². The highest BCUT2D eigenvalue weighted by Crippen LogP contribution is 2.22. The van der Waals surface area contributed by atoms with E-state index in [1.165, 1.54) is 5.56 Å². The van der Waals surface area contributed by atoms with Crippen molar-refractivity contribution in [2.24, 2.45) is 5.92 Å². The average Bonchev–Trinajstić information content (AvgIpc) is 2.42. The van der Waals surface area contributed by atoms with E-state index in [-0.39, 0.29) is 6.10 Å². The van der Waals surface area contributed by atoms with Crippen molar-refractivity contribution in [2.75, 3.05) is 7.11 Å². The van der Waals surface area contributed by atoms with E-state index in [9.17, 15) is 0 Å². The zero-order valence-corrected chi connectivity index (χ0v) is 14.4. The van der Waals surface area contributed by atoms with Crippen LogP contribution in [0.25, 0.3) is 0 Å².